The molecule has 2 N–H and O–H groups in total. The minimum Gasteiger partial charge on any atom is -0.384 e. The van der Waals surface area contributed by atoms with E-state index in [1.54, 1.807) is 13.1 Å². The van der Waals surface area contributed by atoms with Crippen LogP contribution in [0.1, 0.15) is 6.42 Å². The van der Waals surface area contributed by atoms with E-state index in [0.29, 0.717) is 17.4 Å². The van der Waals surface area contributed by atoms with Gasteiger partial charge >= 0.3 is 0 Å². The lowest BCUT2D eigenvalue weighted by atomic mass is 10.3. The van der Waals surface area contributed by atoms with Gasteiger partial charge in [-0.2, -0.15) is 0 Å². The SMILES string of the molecule is CNC(=O)CCNc1ccc(F)cc1Br. The van der Waals surface area contributed by atoms with E-state index >= 15 is 0 Å². The first kappa shape index (κ1) is 12.0. The van der Waals surface area contributed by atoms with Crippen molar-refractivity contribution in [3.63, 3.8) is 0 Å². The number of rotatable bonds is 4. The van der Waals surface area contributed by atoms with Gasteiger partial charge in [-0.3, -0.25) is 4.79 Å². The Balaban J connectivity index is 2.47. The van der Waals surface area contributed by atoms with Crippen molar-refractivity contribution in [2.24, 2.45) is 0 Å². The molecule has 0 atom stereocenters. The highest BCUT2D eigenvalue weighted by atomic mass is 79.9. The largest absolute Gasteiger partial charge is 0.384 e. The molecule has 15 heavy (non-hydrogen) atoms. The van der Waals surface area contributed by atoms with Crippen LogP contribution in [-0.4, -0.2) is 19.5 Å². The van der Waals surface area contributed by atoms with Crippen LogP contribution in [0.15, 0.2) is 22.7 Å². The predicted molar refractivity (Wildman–Crippen MR) is 61.3 cm³/mol. The summed E-state index contributed by atoms with van der Waals surface area (Å²) in [5.74, 6) is -0.320. The average Bonchev–Trinajstić information content (AvgIpc) is 2.21. The van der Waals surface area contributed by atoms with E-state index in [0.717, 1.165) is 5.69 Å². The summed E-state index contributed by atoms with van der Waals surface area (Å²) in [7, 11) is 1.59. The van der Waals surface area contributed by atoms with E-state index < -0.39 is 0 Å². The minimum atomic E-state index is -0.293. The van der Waals surface area contributed by atoms with Crippen LogP contribution in [0.3, 0.4) is 0 Å². The molecule has 82 valence electrons. The maximum atomic E-state index is 12.7. The number of carbonyl (C=O) groups excluding carboxylic acids is 1. The van der Waals surface area contributed by atoms with Crippen LogP contribution in [0.4, 0.5) is 10.1 Å². The molecule has 1 aromatic carbocycles. The Kier molecular flexibility index (Phi) is 4.55. The van der Waals surface area contributed by atoms with Gasteiger partial charge in [0.1, 0.15) is 5.82 Å². The quantitative estimate of drug-likeness (QED) is 0.883. The lowest BCUT2D eigenvalue weighted by Crippen LogP contribution is -2.20. The van der Waals surface area contributed by atoms with Gasteiger partial charge < -0.3 is 10.6 Å². The van der Waals surface area contributed by atoms with Gasteiger partial charge in [0, 0.05) is 30.2 Å². The number of anilines is 1. The Hall–Kier alpha value is -1.10. The molecule has 0 aliphatic carbocycles. The van der Waals surface area contributed by atoms with Gasteiger partial charge in [0.25, 0.3) is 0 Å². The zero-order chi connectivity index (χ0) is 11.3. The van der Waals surface area contributed by atoms with Crippen molar-refractivity contribution in [3.8, 4) is 0 Å². The van der Waals surface area contributed by atoms with Crippen molar-refractivity contribution in [2.75, 3.05) is 18.9 Å². The summed E-state index contributed by atoms with van der Waals surface area (Å²) in [5, 5.41) is 5.56. The summed E-state index contributed by atoms with van der Waals surface area (Å²) in [6.45, 7) is 0.518. The highest BCUT2D eigenvalue weighted by Crippen LogP contribution is 2.22. The first-order chi connectivity index (χ1) is 7.13. The second-order valence-corrected chi connectivity index (χ2v) is 3.83. The van der Waals surface area contributed by atoms with Gasteiger partial charge in [-0.05, 0) is 34.1 Å². The van der Waals surface area contributed by atoms with Gasteiger partial charge in [0.2, 0.25) is 5.91 Å². The summed E-state index contributed by atoms with van der Waals surface area (Å²) in [5.41, 5.74) is 0.778. The van der Waals surface area contributed by atoms with Gasteiger partial charge in [0.05, 0.1) is 0 Å². The summed E-state index contributed by atoms with van der Waals surface area (Å²) in [4.78, 5) is 10.9. The van der Waals surface area contributed by atoms with Crippen LogP contribution in [0, 0.1) is 5.82 Å². The number of amides is 1. The highest BCUT2D eigenvalue weighted by Gasteiger charge is 2.02. The fourth-order valence-electron chi connectivity index (χ4n) is 1.07. The zero-order valence-corrected chi connectivity index (χ0v) is 9.90. The minimum absolute atomic E-state index is 0.0271. The van der Waals surface area contributed by atoms with Crippen molar-refractivity contribution < 1.29 is 9.18 Å². The first-order valence-corrected chi connectivity index (χ1v) is 5.32. The van der Waals surface area contributed by atoms with Gasteiger partial charge in [-0.25, -0.2) is 4.39 Å². The molecule has 0 heterocycles. The topological polar surface area (TPSA) is 41.1 Å². The van der Waals surface area contributed by atoms with E-state index in [4.69, 9.17) is 0 Å². The Labute approximate surface area is 96.2 Å². The third kappa shape index (κ3) is 3.87. The standard InChI is InChI=1S/C10H12BrFN2O/c1-13-10(15)4-5-14-9-3-2-7(12)6-8(9)11/h2-3,6,14H,4-5H2,1H3,(H,13,15). The van der Waals surface area contributed by atoms with Gasteiger partial charge in [0.15, 0.2) is 0 Å². The molecule has 0 spiro atoms. The Morgan fingerprint density at radius 1 is 1.53 bits per heavy atom. The van der Waals surface area contributed by atoms with E-state index in [9.17, 15) is 9.18 Å². The molecule has 0 radical (unpaired) electrons. The van der Waals surface area contributed by atoms with Crippen molar-refractivity contribution in [3.05, 3.63) is 28.5 Å². The summed E-state index contributed by atoms with van der Waals surface area (Å²) in [6, 6.07) is 4.37. The molecule has 1 aromatic rings. The molecule has 0 aliphatic heterocycles. The van der Waals surface area contributed by atoms with Crippen LogP contribution in [0.25, 0.3) is 0 Å². The molecular formula is C10H12BrFN2O. The van der Waals surface area contributed by atoms with Crippen molar-refractivity contribution in [1.82, 2.24) is 5.32 Å². The highest BCUT2D eigenvalue weighted by molar-refractivity contribution is 9.10. The molecule has 5 heteroatoms. The predicted octanol–water partition coefficient (Wildman–Crippen LogP) is 2.14. The number of hydrogen-bond acceptors (Lipinski definition) is 2. The van der Waals surface area contributed by atoms with E-state index in [2.05, 4.69) is 26.6 Å². The van der Waals surface area contributed by atoms with Gasteiger partial charge in [-0.15, -0.1) is 0 Å². The summed E-state index contributed by atoms with van der Waals surface area (Å²) < 4.78 is 13.4. The third-order valence-corrected chi connectivity index (χ3v) is 2.53. The number of hydrogen-bond donors (Lipinski definition) is 2. The smallest absolute Gasteiger partial charge is 0.221 e. The molecule has 1 rings (SSSR count). The molecule has 1 amide bonds. The zero-order valence-electron chi connectivity index (χ0n) is 8.31. The Morgan fingerprint density at radius 2 is 2.27 bits per heavy atom. The van der Waals surface area contributed by atoms with Crippen LogP contribution in [-0.2, 0) is 4.79 Å². The Morgan fingerprint density at radius 3 is 2.87 bits per heavy atom. The van der Waals surface area contributed by atoms with E-state index in [-0.39, 0.29) is 11.7 Å². The molecule has 0 bridgehead atoms. The number of halogens is 2. The molecule has 0 unspecified atom stereocenters. The fourth-order valence-corrected chi connectivity index (χ4v) is 1.56. The van der Waals surface area contributed by atoms with Crippen molar-refractivity contribution >= 4 is 27.5 Å². The van der Waals surface area contributed by atoms with Crippen LogP contribution >= 0.6 is 15.9 Å². The maximum absolute atomic E-state index is 12.7. The monoisotopic (exact) mass is 274 g/mol. The van der Waals surface area contributed by atoms with E-state index in [1.165, 1.54) is 12.1 Å². The van der Waals surface area contributed by atoms with Crippen molar-refractivity contribution in [1.29, 1.82) is 0 Å². The van der Waals surface area contributed by atoms with Gasteiger partial charge in [-0.1, -0.05) is 0 Å². The first-order valence-electron chi connectivity index (χ1n) is 4.53. The molecule has 0 aromatic heterocycles. The average molecular weight is 275 g/mol. The second kappa shape index (κ2) is 5.70. The Bertz CT molecular complexity index is 357. The maximum Gasteiger partial charge on any atom is 0.221 e. The molecule has 0 aliphatic rings. The van der Waals surface area contributed by atoms with Crippen LogP contribution < -0.4 is 10.6 Å². The molecular weight excluding hydrogens is 263 g/mol. The molecule has 3 nitrogen and oxygen atoms in total. The number of carbonyl (C=O) groups is 1. The lowest BCUT2D eigenvalue weighted by Gasteiger charge is -2.07. The lowest BCUT2D eigenvalue weighted by molar-refractivity contribution is -0.120. The molecule has 0 saturated heterocycles. The normalized spacial score (nSPS) is 9.80. The summed E-state index contributed by atoms with van der Waals surface area (Å²) >= 11 is 3.23. The third-order valence-electron chi connectivity index (χ3n) is 1.88. The van der Waals surface area contributed by atoms with Crippen LogP contribution in [0.5, 0.6) is 0 Å². The van der Waals surface area contributed by atoms with E-state index in [1.807, 2.05) is 0 Å². The number of nitrogens with one attached hydrogen (secondary N) is 2. The van der Waals surface area contributed by atoms with Crippen molar-refractivity contribution in [2.45, 2.75) is 6.42 Å². The number of benzene rings is 1. The van der Waals surface area contributed by atoms with Crippen LogP contribution in [0.2, 0.25) is 0 Å². The second-order valence-electron chi connectivity index (χ2n) is 2.97. The fraction of sp³-hybridized carbons (Fsp3) is 0.300. The molecule has 0 fully saturated rings. The molecule has 0 saturated carbocycles. The summed E-state index contributed by atoms with van der Waals surface area (Å²) in [6.07, 6.45) is 0.389.